The van der Waals surface area contributed by atoms with Crippen molar-refractivity contribution in [2.45, 2.75) is 498 Å². The summed E-state index contributed by atoms with van der Waals surface area (Å²) in [6.07, 6.45) is -38.2. The molecule has 40 atom stereocenters. The fourth-order valence-corrected chi connectivity index (χ4v) is 19.6. The fourth-order valence-electron chi connectivity index (χ4n) is 19.6. The minimum Gasteiger partial charge on any atom is -0.477 e. The van der Waals surface area contributed by atoms with Gasteiger partial charge in [-0.15, -0.1) is 0 Å². The molecule has 7 saturated heterocycles. The Hall–Kier alpha value is -4.88. The molecule has 0 radical (unpaired) electrons. The summed E-state index contributed by atoms with van der Waals surface area (Å²) < 4.78 is 87.0. The summed E-state index contributed by atoms with van der Waals surface area (Å²) in [6.45, 7) is 1.43. The Morgan fingerprint density at radius 2 is 0.762 bits per heavy atom. The van der Waals surface area contributed by atoms with Crippen molar-refractivity contribution in [2.75, 3.05) is 52.9 Å². The number of hydrogen-bond donors (Lipinski definition) is 28. The van der Waals surface area contributed by atoms with E-state index in [2.05, 4.69) is 40.4 Å². The number of amides is 5. The summed E-state index contributed by atoms with van der Waals surface area (Å²) in [7, 11) is 0. The zero-order chi connectivity index (χ0) is 106. The maximum atomic E-state index is 13.8. The highest BCUT2D eigenvalue weighted by atomic mass is 16.8. The number of aliphatic carboxylic acids is 1. The van der Waals surface area contributed by atoms with E-state index >= 15 is 0 Å². The van der Waals surface area contributed by atoms with E-state index < -0.39 is 351 Å². The molecule has 7 aliphatic heterocycles. The molecule has 0 aromatic carbocycles. The number of carboxylic acid groups (broad SMARTS) is 1. The van der Waals surface area contributed by atoms with Crippen LogP contribution in [0.15, 0.2) is 12.2 Å². The number of allylic oxidation sites excluding steroid dienone is 1. The van der Waals surface area contributed by atoms with Crippen LogP contribution < -0.4 is 26.6 Å². The molecule has 5 amide bonds. The van der Waals surface area contributed by atoms with Gasteiger partial charge in [0.2, 0.25) is 29.5 Å². The number of unbranched alkanes of at least 4 members (excludes halogenated alkanes) is 25. The number of aliphatic hydroxyl groups excluding tert-OH is 22. The smallest absolute Gasteiger partial charge is 0.364 e. The number of carboxylic acids is 1. The molecule has 28 N–H and O–H groups in total. The topological polar surface area (TPSA) is 757 Å². The number of carbonyl (C=O) groups excluding carboxylic acids is 5. The lowest BCUT2D eigenvalue weighted by atomic mass is 9.87. The van der Waals surface area contributed by atoms with Crippen LogP contribution in [0.3, 0.4) is 0 Å². The Labute approximate surface area is 834 Å². The lowest BCUT2D eigenvalue weighted by molar-refractivity contribution is -0.408. The van der Waals surface area contributed by atoms with E-state index in [4.69, 9.17) is 66.3 Å². The molecule has 7 fully saturated rings. The number of nitrogens with one attached hydrogen (secondary N) is 5. The molecule has 143 heavy (non-hydrogen) atoms. The first-order valence-corrected chi connectivity index (χ1v) is 51.0. The Bertz CT molecular complexity index is 3700. The quantitative estimate of drug-likeness (QED) is 0.0201. The Kier molecular flexibility index (Phi) is 54.4. The van der Waals surface area contributed by atoms with Gasteiger partial charge in [-0.2, -0.15) is 0 Å². The molecule has 0 aromatic heterocycles. The van der Waals surface area contributed by atoms with Crippen molar-refractivity contribution in [3.8, 4) is 0 Å². The molecule has 7 aliphatic rings. The van der Waals surface area contributed by atoms with Crippen LogP contribution in [0.4, 0.5) is 0 Å². The summed E-state index contributed by atoms with van der Waals surface area (Å²) >= 11 is 0. The van der Waals surface area contributed by atoms with Gasteiger partial charge in [-0.05, 0) is 33.1 Å². The molecule has 0 bridgehead atoms. The molecular formula is C95H169N5O43. The molecular weight excluding hydrogens is 1900 g/mol. The highest BCUT2D eigenvalue weighted by molar-refractivity contribution is 5.77. The van der Waals surface area contributed by atoms with Crippen molar-refractivity contribution in [1.82, 2.24) is 26.6 Å². The molecule has 7 rings (SSSR count). The maximum Gasteiger partial charge on any atom is 0.364 e. The third kappa shape index (κ3) is 36.7. The average molecular weight is 2070 g/mol. The molecule has 32 unspecified atom stereocenters. The molecule has 7 heterocycles. The van der Waals surface area contributed by atoms with Crippen molar-refractivity contribution < 1.29 is 213 Å². The second-order valence-electron chi connectivity index (χ2n) is 39.4. The lowest BCUT2D eigenvalue weighted by Crippen LogP contribution is -2.72. The van der Waals surface area contributed by atoms with E-state index in [1.165, 1.54) is 102 Å². The van der Waals surface area contributed by atoms with E-state index in [0.717, 1.165) is 106 Å². The van der Waals surface area contributed by atoms with Gasteiger partial charge in [0, 0.05) is 53.4 Å². The molecule has 48 nitrogen and oxygen atoms in total. The van der Waals surface area contributed by atoms with Gasteiger partial charge in [0.15, 0.2) is 36.7 Å². The second kappa shape index (κ2) is 62.2. The molecule has 0 saturated carbocycles. The maximum absolute atomic E-state index is 13.8. The summed E-state index contributed by atoms with van der Waals surface area (Å²) in [5.74, 6) is -14.4. The lowest BCUT2D eigenvalue weighted by Gasteiger charge is -2.53. The molecule has 48 heteroatoms. The highest BCUT2D eigenvalue weighted by Gasteiger charge is 2.63. The average Bonchev–Trinajstić information content (AvgIpc) is 0.735. The van der Waals surface area contributed by atoms with E-state index in [0.29, 0.717) is 12.8 Å². The summed E-state index contributed by atoms with van der Waals surface area (Å²) in [4.78, 5) is 79.1. The van der Waals surface area contributed by atoms with E-state index in [-0.39, 0.29) is 6.42 Å². The number of hydrogen-bond acceptors (Lipinski definition) is 42. The first-order valence-electron chi connectivity index (χ1n) is 51.0. The standard InChI is InChI=1S/C95H169N5O43/c1-9-11-13-15-17-19-21-23-24-26-28-30-32-34-36-38-66(118)100-54(55(112)37-35-33-31-29-27-25-22-20-18-16-14-12-10-2)49-130-89-77(125)76(124)80(64(47-106)133-89)135-91-79(127)87(142-94(8)40-57(114)68(97-51(4)109)85(140-94)75(123)63(46-105)138-95(92(128)129)41-58(115)69(98-52(5)110)84(143-95)72(120)60(117)43-102)81(65(48-107)134-91)136-88-70(99-53(6)111)82(73(121)61(44-103)131-88)137-90-78(126)86(74(122)62(45-104)132-90)141-93(7)39-56(113)67(96-50(3)108)83(139-93)71(119)59(116)42-101/h35,37,54-65,67-91,101-107,112-117,119-127H,9-34,36,38-49H2,1-8H3,(H,96,108)(H,97,109)(H,98,110)(H,99,111)(H,100,118)(H,128,129)/b37-35+/t54-,55+,56?,57?,58?,59-,60-,61?,62?,63-,64?,65?,67?,68?,69?,70?,71-,72-,73?,74?,75-,76?,77?,78?,79?,80?,81?,82?,83?,84?,85?,86?,87?,88?,89?,90?,91?,93?,94?,95?/m1/s1. The van der Waals surface area contributed by atoms with Crippen LogP contribution in [0.25, 0.3) is 0 Å². The Morgan fingerprint density at radius 1 is 0.392 bits per heavy atom. The predicted octanol–water partition coefficient (Wildman–Crippen LogP) is -4.82. The van der Waals surface area contributed by atoms with Gasteiger partial charge in [-0.1, -0.05) is 180 Å². The van der Waals surface area contributed by atoms with Gasteiger partial charge >= 0.3 is 5.97 Å². The summed E-state index contributed by atoms with van der Waals surface area (Å²) in [6, 6.07) is -8.41. The Morgan fingerprint density at radius 3 is 1.20 bits per heavy atom. The Balaban J connectivity index is 1.22. The minimum atomic E-state index is -3.32. The van der Waals surface area contributed by atoms with Crippen LogP contribution in [-0.4, -0.2) is 449 Å². The normalized spacial score (nSPS) is 36.2. The predicted molar refractivity (Wildman–Crippen MR) is 497 cm³/mol. The van der Waals surface area contributed by atoms with E-state index in [9.17, 15) is 146 Å². The van der Waals surface area contributed by atoms with Crippen LogP contribution in [0, 0.1) is 0 Å². The van der Waals surface area contributed by atoms with Crippen molar-refractivity contribution >= 4 is 35.5 Å². The largest absolute Gasteiger partial charge is 0.477 e. The number of ether oxygens (including phenoxy) is 14. The van der Waals surface area contributed by atoms with E-state index in [1.807, 2.05) is 0 Å². The molecule has 0 aliphatic carbocycles. The SMILES string of the molecule is CCCCCCCCCCCCC/C=C/[C@H](O)[C@@H](COC1OC(CO)C(OC2OC(CO)C(OC3OC(CO)C(O)C(OC4OC(CO)C(O)C(OC5(C)CC(O)C(NC(C)=O)C([C@H](O)[C@H](O)CO)O5)C4O)C3NC(C)=O)C(OC3(C)CC(O)C(NC(C)=O)C([C@H](O)[C@@H](CO)OC4(C(=O)O)CC(O)C(NC(C)=O)C([C@H](O)[C@H](O)CO)O4)O3)C2O)C(O)C1O)NC(=O)CCCCCCCCCCCCCCCCC. The van der Waals surface area contributed by atoms with Crippen molar-refractivity contribution in [3.63, 3.8) is 0 Å². The fraction of sp³-hybridized carbons (Fsp3) is 0.916. The first kappa shape index (κ1) is 125. The van der Waals surface area contributed by atoms with Crippen LogP contribution >= 0.6 is 0 Å². The van der Waals surface area contributed by atoms with Gasteiger partial charge in [0.05, 0.1) is 101 Å². The molecule has 832 valence electrons. The molecule has 0 aromatic rings. The summed E-state index contributed by atoms with van der Waals surface area (Å²) in [5, 5.41) is 277. The third-order valence-corrected chi connectivity index (χ3v) is 27.4. The van der Waals surface area contributed by atoms with Gasteiger partial charge in [0.25, 0.3) is 5.79 Å². The van der Waals surface area contributed by atoms with Crippen LogP contribution in [-0.2, 0) is 95.1 Å². The minimum absolute atomic E-state index is 0.0891. The number of rotatable bonds is 64. The van der Waals surface area contributed by atoms with Crippen LogP contribution in [0.1, 0.15) is 254 Å². The van der Waals surface area contributed by atoms with Crippen LogP contribution in [0.5, 0.6) is 0 Å². The van der Waals surface area contributed by atoms with Crippen molar-refractivity contribution in [3.05, 3.63) is 12.2 Å². The zero-order valence-electron chi connectivity index (χ0n) is 83.5. The van der Waals surface area contributed by atoms with Crippen molar-refractivity contribution in [1.29, 1.82) is 0 Å². The van der Waals surface area contributed by atoms with Crippen molar-refractivity contribution in [2.24, 2.45) is 0 Å². The van der Waals surface area contributed by atoms with Gasteiger partial charge in [0.1, 0.15) is 153 Å². The molecule has 0 spiro atoms. The van der Waals surface area contributed by atoms with E-state index in [1.54, 1.807) is 6.08 Å². The monoisotopic (exact) mass is 2070 g/mol. The number of aliphatic hydroxyl groups is 22. The zero-order valence-corrected chi connectivity index (χ0v) is 83.5. The second-order valence-corrected chi connectivity index (χ2v) is 39.4. The van der Waals surface area contributed by atoms with Gasteiger partial charge in [-0.3, -0.25) is 24.0 Å². The third-order valence-electron chi connectivity index (χ3n) is 27.4. The summed E-state index contributed by atoms with van der Waals surface area (Å²) in [5.41, 5.74) is 0. The first-order chi connectivity index (χ1) is 68.0. The highest BCUT2D eigenvalue weighted by Crippen LogP contribution is 2.45. The van der Waals surface area contributed by atoms with Gasteiger partial charge in [-0.25, -0.2) is 4.79 Å². The number of carbonyl (C=O) groups is 6. The van der Waals surface area contributed by atoms with Crippen LogP contribution in [0.2, 0.25) is 0 Å². The van der Waals surface area contributed by atoms with Gasteiger partial charge < -0.3 is 210 Å².